The number of ether oxygens (including phenoxy) is 1. The Morgan fingerprint density at radius 2 is 2.12 bits per heavy atom. The quantitative estimate of drug-likeness (QED) is 0.636. The first-order chi connectivity index (χ1) is 15.8. The van der Waals surface area contributed by atoms with Gasteiger partial charge in [0.1, 0.15) is 24.2 Å². The minimum atomic E-state index is -1.04. The van der Waals surface area contributed by atoms with E-state index in [4.69, 9.17) is 21.6 Å². The highest BCUT2D eigenvalue weighted by molar-refractivity contribution is 6.33. The summed E-state index contributed by atoms with van der Waals surface area (Å²) < 4.78 is 20.1. The normalized spacial score (nSPS) is 15.2. The molecule has 2 amide bonds. The third-order valence-corrected chi connectivity index (χ3v) is 5.39. The van der Waals surface area contributed by atoms with Gasteiger partial charge < -0.3 is 15.0 Å². The van der Waals surface area contributed by atoms with E-state index < -0.39 is 23.7 Å². The van der Waals surface area contributed by atoms with Crippen LogP contribution in [0.1, 0.15) is 21.7 Å². The number of hydrogen-bond acceptors (Lipinski definition) is 6. The molecule has 0 fully saturated rings. The summed E-state index contributed by atoms with van der Waals surface area (Å²) in [5.74, 6) is -1.64. The molecular formula is C23H17ClFN5O3. The minimum Gasteiger partial charge on any atom is -0.489 e. The van der Waals surface area contributed by atoms with Crippen LogP contribution in [0.3, 0.4) is 0 Å². The fraction of sp³-hybridized carbons (Fsp3) is 0.174. The van der Waals surface area contributed by atoms with E-state index in [1.165, 1.54) is 36.3 Å². The molecule has 0 spiro atoms. The van der Waals surface area contributed by atoms with Gasteiger partial charge in [0.25, 0.3) is 11.8 Å². The lowest BCUT2D eigenvalue weighted by Gasteiger charge is -2.20. The lowest BCUT2D eigenvalue weighted by atomic mass is 10.1. The molecule has 10 heteroatoms. The van der Waals surface area contributed by atoms with E-state index in [-0.39, 0.29) is 28.7 Å². The van der Waals surface area contributed by atoms with Crippen LogP contribution in [0.25, 0.3) is 11.3 Å². The number of nitrogens with one attached hydrogen (secondary N) is 1. The van der Waals surface area contributed by atoms with Crippen LogP contribution in [-0.4, -0.2) is 41.5 Å². The summed E-state index contributed by atoms with van der Waals surface area (Å²) in [6.07, 6.45) is 1.20. The Balaban J connectivity index is 1.58. The Morgan fingerprint density at radius 1 is 1.33 bits per heavy atom. The van der Waals surface area contributed by atoms with Crippen molar-refractivity contribution in [3.63, 3.8) is 0 Å². The van der Waals surface area contributed by atoms with E-state index in [2.05, 4.69) is 15.3 Å². The zero-order chi connectivity index (χ0) is 23.7. The van der Waals surface area contributed by atoms with Gasteiger partial charge >= 0.3 is 0 Å². The van der Waals surface area contributed by atoms with Gasteiger partial charge in [0.15, 0.2) is 0 Å². The highest BCUT2D eigenvalue weighted by Gasteiger charge is 2.31. The number of carbonyl (C=O) groups excluding carboxylic acids is 2. The molecular weight excluding hydrogens is 449 g/mol. The summed E-state index contributed by atoms with van der Waals surface area (Å²) in [7, 11) is 1.54. The molecule has 166 valence electrons. The number of aryl methyl sites for hydroxylation is 1. The Hall–Kier alpha value is -4.03. The molecule has 1 aliphatic rings. The smallest absolute Gasteiger partial charge is 0.289 e. The van der Waals surface area contributed by atoms with Crippen molar-refractivity contribution < 1.29 is 18.7 Å². The Bertz CT molecular complexity index is 1320. The van der Waals surface area contributed by atoms with Gasteiger partial charge in [0.2, 0.25) is 5.82 Å². The SMILES string of the molecule is Cc1ccc(-c2nc(C(=O)NC3COc4cc(C#N)ccc4N(C)C3=O)ncc2Cl)c(F)c1. The molecule has 1 atom stereocenters. The van der Waals surface area contributed by atoms with Crippen LogP contribution in [0.4, 0.5) is 10.1 Å². The number of fused-ring (bicyclic) bond motifs is 1. The van der Waals surface area contributed by atoms with E-state index in [0.717, 1.165) is 5.56 Å². The minimum absolute atomic E-state index is 0.0614. The van der Waals surface area contributed by atoms with Crippen molar-refractivity contribution in [3.05, 3.63) is 70.4 Å². The van der Waals surface area contributed by atoms with Gasteiger partial charge in [-0.05, 0) is 36.8 Å². The summed E-state index contributed by atoms with van der Waals surface area (Å²) >= 11 is 6.15. The molecule has 0 saturated heterocycles. The Morgan fingerprint density at radius 3 is 2.85 bits per heavy atom. The lowest BCUT2D eigenvalue weighted by Crippen LogP contribution is -2.49. The summed E-state index contributed by atoms with van der Waals surface area (Å²) in [6.45, 7) is 1.58. The van der Waals surface area contributed by atoms with E-state index in [1.807, 2.05) is 6.07 Å². The summed E-state index contributed by atoms with van der Waals surface area (Å²) in [6, 6.07) is 10.2. The standard InChI is InChI=1S/C23H17ClFN5O3/c1-12-3-5-14(16(25)7-12)20-15(24)10-27-21(29-20)22(31)28-17-11-33-19-8-13(9-26)4-6-18(19)30(2)23(17)32/h3-8,10,17H,11H2,1-2H3,(H,28,31). The van der Waals surface area contributed by atoms with Gasteiger partial charge in [-0.3, -0.25) is 9.59 Å². The largest absolute Gasteiger partial charge is 0.489 e. The maximum atomic E-state index is 14.4. The molecule has 0 aliphatic carbocycles. The number of aromatic nitrogens is 2. The monoisotopic (exact) mass is 465 g/mol. The molecule has 1 N–H and O–H groups in total. The predicted molar refractivity (Wildman–Crippen MR) is 118 cm³/mol. The number of nitrogens with zero attached hydrogens (tertiary/aromatic N) is 4. The van der Waals surface area contributed by atoms with Crippen molar-refractivity contribution in [1.29, 1.82) is 5.26 Å². The van der Waals surface area contributed by atoms with Crippen molar-refractivity contribution in [2.45, 2.75) is 13.0 Å². The molecule has 0 saturated carbocycles. The highest BCUT2D eigenvalue weighted by Crippen LogP contribution is 2.32. The average Bonchev–Trinajstić information content (AvgIpc) is 2.91. The number of hydrogen-bond donors (Lipinski definition) is 1. The van der Waals surface area contributed by atoms with Gasteiger partial charge in [0, 0.05) is 18.7 Å². The van der Waals surface area contributed by atoms with Crippen molar-refractivity contribution in [2.75, 3.05) is 18.6 Å². The van der Waals surface area contributed by atoms with Gasteiger partial charge in [-0.15, -0.1) is 0 Å². The lowest BCUT2D eigenvalue weighted by molar-refractivity contribution is -0.120. The molecule has 33 heavy (non-hydrogen) atoms. The second-order valence-electron chi connectivity index (χ2n) is 7.40. The number of anilines is 1. The van der Waals surface area contributed by atoms with Crippen LogP contribution < -0.4 is 15.0 Å². The van der Waals surface area contributed by atoms with Crippen molar-refractivity contribution in [3.8, 4) is 23.1 Å². The average molecular weight is 466 g/mol. The second kappa shape index (κ2) is 8.84. The van der Waals surface area contributed by atoms with Crippen LogP contribution >= 0.6 is 11.6 Å². The summed E-state index contributed by atoms with van der Waals surface area (Å²) in [5, 5.41) is 11.7. The van der Waals surface area contributed by atoms with Gasteiger partial charge in [-0.1, -0.05) is 17.7 Å². The van der Waals surface area contributed by atoms with Crippen LogP contribution in [-0.2, 0) is 4.79 Å². The van der Waals surface area contributed by atoms with Crippen LogP contribution in [0.15, 0.2) is 42.6 Å². The number of benzene rings is 2. The molecule has 0 radical (unpaired) electrons. The fourth-order valence-electron chi connectivity index (χ4n) is 3.38. The molecule has 1 aliphatic heterocycles. The maximum absolute atomic E-state index is 14.4. The van der Waals surface area contributed by atoms with Gasteiger partial charge in [-0.2, -0.15) is 5.26 Å². The number of nitriles is 1. The van der Waals surface area contributed by atoms with E-state index in [0.29, 0.717) is 17.0 Å². The van der Waals surface area contributed by atoms with Crippen molar-refractivity contribution in [2.24, 2.45) is 0 Å². The van der Waals surface area contributed by atoms with Crippen LogP contribution in [0.2, 0.25) is 5.02 Å². The van der Waals surface area contributed by atoms with Crippen LogP contribution in [0, 0.1) is 24.1 Å². The molecule has 2 heterocycles. The maximum Gasteiger partial charge on any atom is 0.289 e. The Kier molecular flexibility index (Phi) is 5.94. The van der Waals surface area contributed by atoms with E-state index in [1.54, 1.807) is 25.1 Å². The molecule has 1 aromatic heterocycles. The third-order valence-electron chi connectivity index (χ3n) is 5.12. The number of carbonyl (C=O) groups is 2. The first-order valence-electron chi connectivity index (χ1n) is 9.83. The Labute approximate surface area is 193 Å². The highest BCUT2D eigenvalue weighted by atomic mass is 35.5. The zero-order valence-corrected chi connectivity index (χ0v) is 18.4. The third kappa shape index (κ3) is 4.33. The van der Waals surface area contributed by atoms with Gasteiger partial charge in [-0.25, -0.2) is 14.4 Å². The first kappa shape index (κ1) is 22.2. The summed E-state index contributed by atoms with van der Waals surface area (Å²) in [5.41, 5.74) is 1.75. The van der Waals surface area contributed by atoms with Crippen molar-refractivity contribution in [1.82, 2.24) is 15.3 Å². The fourth-order valence-corrected chi connectivity index (χ4v) is 3.57. The van der Waals surface area contributed by atoms with Gasteiger partial charge in [0.05, 0.1) is 34.2 Å². The molecule has 2 aromatic carbocycles. The summed E-state index contributed by atoms with van der Waals surface area (Å²) in [4.78, 5) is 35.1. The zero-order valence-electron chi connectivity index (χ0n) is 17.6. The first-order valence-corrected chi connectivity index (χ1v) is 10.2. The number of halogens is 2. The molecule has 3 aromatic rings. The second-order valence-corrected chi connectivity index (χ2v) is 7.81. The van der Waals surface area contributed by atoms with E-state index in [9.17, 15) is 14.0 Å². The van der Waals surface area contributed by atoms with E-state index >= 15 is 0 Å². The van der Waals surface area contributed by atoms with Crippen LogP contribution in [0.5, 0.6) is 5.75 Å². The molecule has 1 unspecified atom stereocenters. The predicted octanol–water partition coefficient (Wildman–Crippen LogP) is 3.27. The number of amides is 2. The molecule has 4 rings (SSSR count). The molecule has 8 nitrogen and oxygen atoms in total. The topological polar surface area (TPSA) is 108 Å². The molecule has 0 bridgehead atoms. The number of likely N-dealkylation sites (N-methyl/N-ethyl adjacent to an activating group) is 1. The van der Waals surface area contributed by atoms with Crippen molar-refractivity contribution >= 4 is 29.1 Å². The number of rotatable bonds is 3.